The number of ether oxygens (including phenoxy) is 1. The molecule has 1 heterocycles. The highest BCUT2D eigenvalue weighted by molar-refractivity contribution is 7.57. The van der Waals surface area contributed by atoms with Gasteiger partial charge >= 0.3 is 0 Å². The standard InChI is InChI=1S/C41H58Cl4N3O2PSi/c1-52(2,3)41-38(29-19-9-4-10-20-29)46-51(50-40-37(45)35(43)34(42)36(44)39(40)49-41,47(30-21-11-5-12-22-30)31-23-13-6-14-24-31)48(32-25-15-7-16-26-32)33-27-17-8-18-28-33/h4,9-10,19-20,30-33H,5-8,11-18,21-28H2,1-3H3/b41-38+. The molecule has 0 bridgehead atoms. The zero-order valence-corrected chi connectivity index (χ0v) is 36.4. The summed E-state index contributed by atoms with van der Waals surface area (Å²) >= 11 is 28.5. The molecule has 7 rings (SSSR count). The average Bonchev–Trinajstić information content (AvgIpc) is 3.16. The van der Waals surface area contributed by atoms with Crippen LogP contribution in [0.3, 0.4) is 0 Å². The van der Waals surface area contributed by atoms with Crippen molar-refractivity contribution in [1.29, 1.82) is 0 Å². The minimum Gasteiger partial charge on any atom is -0.459 e. The van der Waals surface area contributed by atoms with Gasteiger partial charge in [0.05, 0.1) is 10.0 Å². The third kappa shape index (κ3) is 8.08. The van der Waals surface area contributed by atoms with Crippen LogP contribution in [0.25, 0.3) is 5.70 Å². The molecule has 0 aromatic heterocycles. The Kier molecular flexibility index (Phi) is 13.1. The number of rotatable bonds is 8. The Hall–Kier alpha value is -0.693. The molecule has 0 N–H and O–H groups in total. The number of hydrogen-bond acceptors (Lipinski definition) is 5. The van der Waals surface area contributed by atoms with Crippen LogP contribution in [0, 0.1) is 0 Å². The molecule has 0 spiro atoms. The predicted molar refractivity (Wildman–Crippen MR) is 225 cm³/mol. The molecule has 1 aliphatic heterocycles. The van der Waals surface area contributed by atoms with E-state index >= 15 is 0 Å². The Balaban J connectivity index is 1.65. The summed E-state index contributed by atoms with van der Waals surface area (Å²) in [7, 11) is -5.44. The SMILES string of the molecule is C[Si](C)(C)/C1=C(\c2ccccc2)N=P(N(C2CCCCC2)C2CCCCC2)(N(C2CCCCC2)C2CCCCC2)Oc2c(Cl)c(Cl)c(Cl)c(Cl)c2O1. The predicted octanol–water partition coefficient (Wildman–Crippen LogP) is 15.2. The highest BCUT2D eigenvalue weighted by Crippen LogP contribution is 2.69. The maximum atomic E-state index is 8.02. The number of fused-ring (bicyclic) bond motifs is 1. The summed E-state index contributed by atoms with van der Waals surface area (Å²) in [5, 5.41) is 1.80. The minimum absolute atomic E-state index is 0.196. The lowest BCUT2D eigenvalue weighted by atomic mass is 9.90. The van der Waals surface area contributed by atoms with E-state index < -0.39 is 15.7 Å². The lowest BCUT2D eigenvalue weighted by Crippen LogP contribution is -2.53. The molecule has 5 nitrogen and oxygen atoms in total. The van der Waals surface area contributed by atoms with Gasteiger partial charge in [-0.25, -0.2) is 9.34 Å². The molecule has 0 amide bonds. The molecule has 4 saturated carbocycles. The average molecular weight is 826 g/mol. The molecule has 0 saturated heterocycles. The Morgan fingerprint density at radius 3 is 1.33 bits per heavy atom. The molecule has 2 aromatic rings. The number of halogens is 4. The highest BCUT2D eigenvalue weighted by atomic mass is 35.5. The number of benzene rings is 2. The first kappa shape index (κ1) is 39.5. The Morgan fingerprint density at radius 2 is 0.942 bits per heavy atom. The molecule has 0 unspecified atom stereocenters. The quantitative estimate of drug-likeness (QED) is 0.115. The van der Waals surface area contributed by atoms with Crippen molar-refractivity contribution >= 4 is 67.8 Å². The van der Waals surface area contributed by atoms with Gasteiger partial charge in [-0.15, -0.1) is 0 Å². The van der Waals surface area contributed by atoms with Crippen LogP contribution < -0.4 is 9.26 Å². The Morgan fingerprint density at radius 1 is 0.558 bits per heavy atom. The fraction of sp³-hybridized carbons (Fsp3) is 0.659. The van der Waals surface area contributed by atoms with Crippen LogP contribution in [0.4, 0.5) is 0 Å². The van der Waals surface area contributed by atoms with Gasteiger partial charge in [0.25, 0.3) is 7.58 Å². The number of hydrogen-bond donors (Lipinski definition) is 0. The molecule has 5 aliphatic rings. The fourth-order valence-electron chi connectivity index (χ4n) is 9.67. The summed E-state index contributed by atoms with van der Waals surface area (Å²) in [6.45, 7) is 6.99. The zero-order chi connectivity index (χ0) is 36.5. The first-order valence-electron chi connectivity index (χ1n) is 20.3. The lowest BCUT2D eigenvalue weighted by Gasteiger charge is -2.55. The van der Waals surface area contributed by atoms with Crippen LogP contribution in [0.5, 0.6) is 11.5 Å². The highest BCUT2D eigenvalue weighted by Gasteiger charge is 2.52. The van der Waals surface area contributed by atoms with E-state index in [0.29, 0.717) is 35.7 Å². The molecule has 11 heteroatoms. The minimum atomic E-state index is -3.17. The molecule has 2 aromatic carbocycles. The summed E-state index contributed by atoms with van der Waals surface area (Å²) in [5.74, 6) is 0.792. The van der Waals surface area contributed by atoms with E-state index in [-0.39, 0.29) is 20.1 Å². The van der Waals surface area contributed by atoms with E-state index in [9.17, 15) is 0 Å². The summed E-state index contributed by atoms with van der Waals surface area (Å²) in [4.78, 5) is 0. The summed E-state index contributed by atoms with van der Waals surface area (Å²) in [6.07, 6.45) is 24.3. The van der Waals surface area contributed by atoms with E-state index in [0.717, 1.165) is 68.0 Å². The molecule has 4 fully saturated rings. The molecular weight excluding hydrogens is 767 g/mol. The molecule has 52 heavy (non-hydrogen) atoms. The summed E-state index contributed by atoms with van der Waals surface area (Å²) in [5.41, 5.74) is 1.96. The van der Waals surface area contributed by atoms with Gasteiger partial charge in [-0.2, -0.15) is 4.74 Å². The van der Waals surface area contributed by atoms with Gasteiger partial charge in [0, 0.05) is 29.7 Å². The van der Waals surface area contributed by atoms with E-state index in [4.69, 9.17) is 60.4 Å². The van der Waals surface area contributed by atoms with Crippen LogP contribution >= 0.6 is 54.0 Å². The Bertz CT molecular complexity index is 1560. The second-order valence-corrected chi connectivity index (χ2v) is 25.7. The van der Waals surface area contributed by atoms with Gasteiger partial charge in [-0.3, -0.25) is 0 Å². The van der Waals surface area contributed by atoms with Crippen LogP contribution in [-0.2, 0) is 0 Å². The zero-order valence-electron chi connectivity index (χ0n) is 31.5. The van der Waals surface area contributed by atoms with Crippen molar-refractivity contribution in [3.05, 3.63) is 61.4 Å². The van der Waals surface area contributed by atoms with Crippen LogP contribution in [0.2, 0.25) is 39.7 Å². The van der Waals surface area contributed by atoms with Crippen molar-refractivity contribution in [1.82, 2.24) is 9.34 Å². The monoisotopic (exact) mass is 823 g/mol. The van der Waals surface area contributed by atoms with Gasteiger partial charge in [-0.05, 0) is 51.4 Å². The van der Waals surface area contributed by atoms with Crippen molar-refractivity contribution < 1.29 is 9.26 Å². The first-order chi connectivity index (χ1) is 25.1. The Labute approximate surface area is 334 Å². The topological polar surface area (TPSA) is 37.3 Å². The van der Waals surface area contributed by atoms with Gasteiger partial charge in [0.1, 0.15) is 29.2 Å². The lowest BCUT2D eigenvalue weighted by molar-refractivity contribution is 0.110. The molecule has 0 radical (unpaired) electrons. The van der Waals surface area contributed by atoms with Gasteiger partial charge in [0.2, 0.25) is 0 Å². The summed E-state index contributed by atoms with van der Waals surface area (Å²) < 4.78 is 27.3. The third-order valence-electron chi connectivity index (χ3n) is 12.2. The van der Waals surface area contributed by atoms with Crippen LogP contribution in [0.15, 0.2) is 40.5 Å². The normalized spacial score (nSPS) is 24.5. The molecule has 286 valence electrons. The second kappa shape index (κ2) is 17.2. The van der Waals surface area contributed by atoms with E-state index in [1.807, 2.05) is 0 Å². The van der Waals surface area contributed by atoms with Crippen molar-refractivity contribution in [2.75, 3.05) is 0 Å². The molecular formula is C41H58Cl4N3O2PSi. The largest absolute Gasteiger partial charge is 0.459 e. The third-order valence-corrected chi connectivity index (χ3v) is 19.0. The molecule has 0 atom stereocenters. The van der Waals surface area contributed by atoms with Crippen LogP contribution in [-0.4, -0.2) is 41.6 Å². The van der Waals surface area contributed by atoms with Crippen molar-refractivity contribution in [3.63, 3.8) is 0 Å². The van der Waals surface area contributed by atoms with Crippen molar-refractivity contribution in [3.8, 4) is 11.5 Å². The molecule has 4 aliphatic carbocycles. The maximum Gasteiger partial charge on any atom is 0.285 e. The van der Waals surface area contributed by atoms with Gasteiger partial charge in [-0.1, -0.05) is 173 Å². The number of nitrogens with zero attached hydrogens (tertiary/aromatic N) is 3. The van der Waals surface area contributed by atoms with Gasteiger partial charge in [0.15, 0.2) is 11.5 Å². The van der Waals surface area contributed by atoms with E-state index in [1.165, 1.54) is 77.0 Å². The smallest absolute Gasteiger partial charge is 0.285 e. The second-order valence-electron chi connectivity index (χ2n) is 16.9. The summed E-state index contributed by atoms with van der Waals surface area (Å²) in [6, 6.07) is 12.1. The van der Waals surface area contributed by atoms with Crippen molar-refractivity contribution in [2.45, 2.75) is 172 Å². The van der Waals surface area contributed by atoms with Crippen molar-refractivity contribution in [2.24, 2.45) is 4.74 Å². The van der Waals surface area contributed by atoms with E-state index in [1.54, 1.807) is 0 Å². The fourth-order valence-corrected chi connectivity index (χ4v) is 16.2. The van der Waals surface area contributed by atoms with Gasteiger partial charge < -0.3 is 9.26 Å². The van der Waals surface area contributed by atoms with Crippen LogP contribution in [0.1, 0.15) is 134 Å². The van der Waals surface area contributed by atoms with E-state index in [2.05, 4.69) is 59.3 Å². The first-order valence-corrected chi connectivity index (χ1v) is 26.9. The maximum absolute atomic E-state index is 8.02.